The predicted octanol–water partition coefficient (Wildman–Crippen LogP) is 2.81. The molecule has 1 aromatic heterocycles. The second kappa shape index (κ2) is 5.78. The number of pyridine rings is 1. The highest BCUT2D eigenvalue weighted by Gasteiger charge is 2.12. The van der Waals surface area contributed by atoms with Gasteiger partial charge in [-0.1, -0.05) is 0 Å². The van der Waals surface area contributed by atoms with Gasteiger partial charge in [-0.25, -0.2) is 9.37 Å². The smallest absolute Gasteiger partial charge is 0.166 e. The summed E-state index contributed by atoms with van der Waals surface area (Å²) in [7, 11) is 1.84. The highest BCUT2D eigenvalue weighted by Crippen LogP contribution is 2.18. The normalized spacial score (nSPS) is 11.6. The molecule has 0 aliphatic rings. The number of nitrogens with zero attached hydrogens (tertiary/aromatic N) is 2. The first-order valence-electron chi connectivity index (χ1n) is 5.57. The molecule has 0 atom stereocenters. The van der Waals surface area contributed by atoms with E-state index in [0.29, 0.717) is 16.8 Å². The van der Waals surface area contributed by atoms with Gasteiger partial charge in [-0.05, 0) is 42.8 Å². The lowest BCUT2D eigenvalue weighted by atomic mass is 10.1. The second-order valence-electron chi connectivity index (χ2n) is 5.06. The van der Waals surface area contributed by atoms with Crippen LogP contribution in [0.1, 0.15) is 20.8 Å². The van der Waals surface area contributed by atoms with E-state index in [0.717, 1.165) is 6.54 Å². The van der Waals surface area contributed by atoms with E-state index in [1.807, 2.05) is 7.05 Å². The zero-order valence-electron chi connectivity index (χ0n) is 10.7. The van der Waals surface area contributed by atoms with E-state index in [-0.39, 0.29) is 11.4 Å². The fourth-order valence-electron chi connectivity index (χ4n) is 1.39. The van der Waals surface area contributed by atoms with E-state index in [9.17, 15) is 4.39 Å². The van der Waals surface area contributed by atoms with Gasteiger partial charge in [0.2, 0.25) is 0 Å². The van der Waals surface area contributed by atoms with Crippen molar-refractivity contribution in [2.45, 2.75) is 26.3 Å². The lowest BCUT2D eigenvalue weighted by Crippen LogP contribution is -2.40. The van der Waals surface area contributed by atoms with Crippen LogP contribution in [0.3, 0.4) is 0 Å². The maximum Gasteiger partial charge on any atom is 0.166 e. The van der Waals surface area contributed by atoms with E-state index in [4.69, 9.17) is 0 Å². The molecule has 1 N–H and O–H groups in total. The Bertz CT molecular complexity index is 377. The number of likely N-dealkylation sites (N-methyl/N-ethyl adjacent to an activating group) is 1. The van der Waals surface area contributed by atoms with E-state index < -0.39 is 0 Å². The molecule has 0 amide bonds. The van der Waals surface area contributed by atoms with Crippen LogP contribution in [0.25, 0.3) is 0 Å². The average molecular weight is 304 g/mol. The van der Waals surface area contributed by atoms with E-state index in [2.05, 4.69) is 47.0 Å². The van der Waals surface area contributed by atoms with Crippen molar-refractivity contribution in [3.63, 3.8) is 0 Å². The maximum absolute atomic E-state index is 13.6. The Kier molecular flexibility index (Phi) is 4.89. The predicted molar refractivity (Wildman–Crippen MR) is 72.9 cm³/mol. The summed E-state index contributed by atoms with van der Waals surface area (Å²) in [5.74, 6) is 0.0709. The maximum atomic E-state index is 13.6. The molecule has 0 unspecified atom stereocenters. The minimum atomic E-state index is -0.308. The lowest BCUT2D eigenvalue weighted by molar-refractivity contribution is 0.430. The standard InChI is InChI=1S/C12H19BrFN3/c1-12(2,3)16-5-6-17(4)11-10(14)7-9(13)8-15-11/h7-8,16H,5-6H2,1-4H3. The summed E-state index contributed by atoms with van der Waals surface area (Å²) in [6.07, 6.45) is 1.60. The Hall–Kier alpha value is -0.680. The molecule has 0 saturated heterocycles. The SMILES string of the molecule is CN(CCNC(C)(C)C)c1ncc(Br)cc1F. The zero-order valence-corrected chi connectivity index (χ0v) is 12.3. The van der Waals surface area contributed by atoms with E-state index >= 15 is 0 Å². The van der Waals surface area contributed by atoms with Crippen LogP contribution in [0.5, 0.6) is 0 Å². The molecule has 0 radical (unpaired) electrons. The Balaban J connectivity index is 2.55. The van der Waals surface area contributed by atoms with Crippen LogP contribution in [0.2, 0.25) is 0 Å². The van der Waals surface area contributed by atoms with Crippen molar-refractivity contribution in [2.75, 3.05) is 25.0 Å². The van der Waals surface area contributed by atoms with Crippen LogP contribution in [0, 0.1) is 5.82 Å². The number of nitrogens with one attached hydrogen (secondary N) is 1. The largest absolute Gasteiger partial charge is 0.356 e. The van der Waals surface area contributed by atoms with Gasteiger partial charge in [0.05, 0.1) is 0 Å². The highest BCUT2D eigenvalue weighted by atomic mass is 79.9. The molecule has 0 fully saturated rings. The Morgan fingerprint density at radius 3 is 2.65 bits per heavy atom. The van der Waals surface area contributed by atoms with Crippen LogP contribution >= 0.6 is 15.9 Å². The third kappa shape index (κ3) is 5.00. The van der Waals surface area contributed by atoms with Crippen LogP contribution in [0.15, 0.2) is 16.7 Å². The first-order chi connectivity index (χ1) is 7.79. The molecule has 0 aromatic carbocycles. The van der Waals surface area contributed by atoms with Crippen molar-refractivity contribution in [2.24, 2.45) is 0 Å². The number of aromatic nitrogens is 1. The van der Waals surface area contributed by atoms with Gasteiger partial charge in [-0.15, -0.1) is 0 Å². The quantitative estimate of drug-likeness (QED) is 0.927. The van der Waals surface area contributed by atoms with Crippen molar-refractivity contribution in [1.82, 2.24) is 10.3 Å². The molecule has 17 heavy (non-hydrogen) atoms. The third-order valence-corrected chi connectivity index (χ3v) is 2.69. The summed E-state index contributed by atoms with van der Waals surface area (Å²) in [6, 6.07) is 1.43. The molecular weight excluding hydrogens is 285 g/mol. The fraction of sp³-hybridized carbons (Fsp3) is 0.583. The van der Waals surface area contributed by atoms with Gasteiger partial charge < -0.3 is 10.2 Å². The summed E-state index contributed by atoms with van der Waals surface area (Å²) < 4.78 is 14.3. The van der Waals surface area contributed by atoms with Gasteiger partial charge in [-0.3, -0.25) is 0 Å². The molecule has 1 rings (SSSR count). The van der Waals surface area contributed by atoms with Crippen LogP contribution in [-0.4, -0.2) is 30.7 Å². The monoisotopic (exact) mass is 303 g/mol. The third-order valence-electron chi connectivity index (χ3n) is 2.25. The first kappa shape index (κ1) is 14.4. The topological polar surface area (TPSA) is 28.2 Å². The summed E-state index contributed by atoms with van der Waals surface area (Å²) in [5.41, 5.74) is 0.0759. The van der Waals surface area contributed by atoms with Crippen molar-refractivity contribution >= 4 is 21.7 Å². The zero-order chi connectivity index (χ0) is 13.1. The summed E-state index contributed by atoms with van der Waals surface area (Å²) >= 11 is 3.19. The van der Waals surface area contributed by atoms with Gasteiger partial charge >= 0.3 is 0 Å². The molecule has 0 aliphatic carbocycles. The molecule has 1 aromatic rings. The van der Waals surface area contributed by atoms with Crippen LogP contribution in [0.4, 0.5) is 10.2 Å². The average Bonchev–Trinajstić information content (AvgIpc) is 2.15. The molecule has 0 spiro atoms. The van der Waals surface area contributed by atoms with Crippen molar-refractivity contribution in [3.8, 4) is 0 Å². The van der Waals surface area contributed by atoms with Gasteiger partial charge in [-0.2, -0.15) is 0 Å². The fourth-order valence-corrected chi connectivity index (χ4v) is 1.70. The lowest BCUT2D eigenvalue weighted by Gasteiger charge is -2.24. The number of anilines is 1. The van der Waals surface area contributed by atoms with Gasteiger partial charge in [0, 0.05) is 36.3 Å². The van der Waals surface area contributed by atoms with Gasteiger partial charge in [0.1, 0.15) is 0 Å². The number of halogens is 2. The van der Waals surface area contributed by atoms with Gasteiger partial charge in [0.25, 0.3) is 0 Å². The number of hydrogen-bond acceptors (Lipinski definition) is 3. The molecular formula is C12H19BrFN3. The van der Waals surface area contributed by atoms with Gasteiger partial charge in [0.15, 0.2) is 11.6 Å². The molecule has 0 saturated carbocycles. The highest BCUT2D eigenvalue weighted by molar-refractivity contribution is 9.10. The molecule has 0 bridgehead atoms. The van der Waals surface area contributed by atoms with Crippen molar-refractivity contribution in [1.29, 1.82) is 0 Å². The van der Waals surface area contributed by atoms with Crippen LogP contribution in [-0.2, 0) is 0 Å². The number of rotatable bonds is 4. The minimum absolute atomic E-state index is 0.0759. The van der Waals surface area contributed by atoms with Crippen molar-refractivity contribution < 1.29 is 4.39 Å². The summed E-state index contributed by atoms with van der Waals surface area (Å²) in [5, 5.41) is 3.35. The minimum Gasteiger partial charge on any atom is -0.356 e. The molecule has 5 heteroatoms. The van der Waals surface area contributed by atoms with Crippen LogP contribution < -0.4 is 10.2 Å². The molecule has 96 valence electrons. The molecule has 1 heterocycles. The Morgan fingerprint density at radius 1 is 1.47 bits per heavy atom. The van der Waals surface area contributed by atoms with Crippen molar-refractivity contribution in [3.05, 3.63) is 22.6 Å². The first-order valence-corrected chi connectivity index (χ1v) is 6.36. The molecule has 0 aliphatic heterocycles. The summed E-state index contributed by atoms with van der Waals surface area (Å²) in [4.78, 5) is 5.88. The summed E-state index contributed by atoms with van der Waals surface area (Å²) in [6.45, 7) is 7.81. The van der Waals surface area contributed by atoms with E-state index in [1.54, 1.807) is 11.1 Å². The second-order valence-corrected chi connectivity index (χ2v) is 5.97. The Morgan fingerprint density at radius 2 is 2.12 bits per heavy atom. The number of hydrogen-bond donors (Lipinski definition) is 1. The van der Waals surface area contributed by atoms with E-state index in [1.165, 1.54) is 6.07 Å². The molecule has 3 nitrogen and oxygen atoms in total. The Labute approximate surface area is 111 Å².